The average molecular weight is 254 g/mol. The quantitative estimate of drug-likeness (QED) is 0.779. The molecule has 1 aliphatic carbocycles. The fraction of sp³-hybridized carbons (Fsp3) is 1.00. The largest absolute Gasteiger partial charge is 0.384 e. The van der Waals surface area contributed by atoms with Gasteiger partial charge in [0.05, 0.1) is 0 Å². The minimum absolute atomic E-state index is 0.714. The maximum Gasteiger partial charge on any atom is 0.0491 e. The van der Waals surface area contributed by atoms with Crippen LogP contribution >= 0.6 is 0 Å². The molecule has 0 spiro atoms. The number of hydrogen-bond donors (Lipinski definition) is 1. The second-order valence-electron chi connectivity index (χ2n) is 6.04. The third-order valence-corrected chi connectivity index (χ3v) is 4.87. The zero-order valence-electron chi connectivity index (χ0n) is 12.2. The van der Waals surface area contributed by atoms with Crippen LogP contribution in [0.3, 0.4) is 0 Å². The van der Waals surface area contributed by atoms with Crippen molar-refractivity contribution in [1.82, 2.24) is 10.2 Å². The van der Waals surface area contributed by atoms with Crippen LogP contribution < -0.4 is 5.32 Å². The van der Waals surface area contributed by atoms with Gasteiger partial charge in [-0.2, -0.15) is 0 Å². The minimum atomic E-state index is 0.714. The molecule has 0 aromatic heterocycles. The fourth-order valence-corrected chi connectivity index (χ4v) is 3.75. The normalized spacial score (nSPS) is 32.3. The Kier molecular flexibility index (Phi) is 5.93. The first kappa shape index (κ1) is 14.3. The molecule has 2 atom stereocenters. The van der Waals surface area contributed by atoms with Crippen LogP contribution in [-0.2, 0) is 4.74 Å². The molecular weight excluding hydrogens is 224 g/mol. The molecule has 1 N–H and O–H groups in total. The Balaban J connectivity index is 1.86. The molecule has 0 amide bonds. The second kappa shape index (κ2) is 7.46. The average Bonchev–Trinajstić information content (AvgIpc) is 2.65. The van der Waals surface area contributed by atoms with Crippen LogP contribution in [0.5, 0.6) is 0 Å². The molecule has 1 saturated carbocycles. The van der Waals surface area contributed by atoms with Crippen LogP contribution in [0, 0.1) is 5.92 Å². The van der Waals surface area contributed by atoms with E-state index in [-0.39, 0.29) is 0 Å². The summed E-state index contributed by atoms with van der Waals surface area (Å²) in [7, 11) is 3.97. The Morgan fingerprint density at radius 2 is 1.78 bits per heavy atom. The molecule has 2 fully saturated rings. The van der Waals surface area contributed by atoms with E-state index >= 15 is 0 Å². The third kappa shape index (κ3) is 3.69. The van der Waals surface area contributed by atoms with Gasteiger partial charge in [0.1, 0.15) is 0 Å². The van der Waals surface area contributed by atoms with Gasteiger partial charge in [-0.1, -0.05) is 19.3 Å². The third-order valence-electron chi connectivity index (χ3n) is 4.87. The van der Waals surface area contributed by atoms with Crippen molar-refractivity contribution < 1.29 is 4.74 Å². The van der Waals surface area contributed by atoms with Crippen molar-refractivity contribution in [2.24, 2.45) is 5.92 Å². The summed E-state index contributed by atoms with van der Waals surface area (Å²) in [6.07, 6.45) is 9.64. The fourth-order valence-electron chi connectivity index (χ4n) is 3.75. The molecule has 2 aliphatic rings. The molecule has 2 rings (SSSR count). The molecule has 106 valence electrons. The van der Waals surface area contributed by atoms with E-state index in [1.165, 1.54) is 58.0 Å². The van der Waals surface area contributed by atoms with Crippen molar-refractivity contribution in [2.75, 3.05) is 33.9 Å². The van der Waals surface area contributed by atoms with E-state index < -0.39 is 0 Å². The highest BCUT2D eigenvalue weighted by atomic mass is 16.5. The highest BCUT2D eigenvalue weighted by Crippen LogP contribution is 2.26. The van der Waals surface area contributed by atoms with Gasteiger partial charge in [0.2, 0.25) is 0 Å². The number of likely N-dealkylation sites (tertiary alicyclic amines) is 1. The smallest absolute Gasteiger partial charge is 0.0491 e. The first-order valence-corrected chi connectivity index (χ1v) is 7.75. The first-order valence-electron chi connectivity index (χ1n) is 7.75. The number of piperidine rings is 1. The molecule has 3 heteroatoms. The zero-order valence-corrected chi connectivity index (χ0v) is 12.2. The van der Waals surface area contributed by atoms with Gasteiger partial charge in [-0.05, 0) is 51.7 Å². The summed E-state index contributed by atoms with van der Waals surface area (Å²) in [5.74, 6) is 0.796. The van der Waals surface area contributed by atoms with E-state index in [4.69, 9.17) is 4.74 Å². The Hall–Kier alpha value is -0.120. The van der Waals surface area contributed by atoms with Gasteiger partial charge in [-0.3, -0.25) is 4.90 Å². The van der Waals surface area contributed by atoms with Gasteiger partial charge >= 0.3 is 0 Å². The van der Waals surface area contributed by atoms with E-state index in [9.17, 15) is 0 Å². The van der Waals surface area contributed by atoms with Gasteiger partial charge in [0, 0.05) is 25.8 Å². The van der Waals surface area contributed by atoms with Crippen LogP contribution in [0.1, 0.15) is 44.9 Å². The van der Waals surface area contributed by atoms with Crippen LogP contribution in [0.2, 0.25) is 0 Å². The van der Waals surface area contributed by atoms with Crippen molar-refractivity contribution >= 4 is 0 Å². The molecule has 2 unspecified atom stereocenters. The lowest BCUT2D eigenvalue weighted by Crippen LogP contribution is -2.51. The van der Waals surface area contributed by atoms with E-state index in [0.717, 1.165) is 18.6 Å². The molecule has 3 nitrogen and oxygen atoms in total. The van der Waals surface area contributed by atoms with Crippen LogP contribution in [-0.4, -0.2) is 50.8 Å². The number of ether oxygens (including phenoxy) is 1. The van der Waals surface area contributed by atoms with Gasteiger partial charge in [0.15, 0.2) is 0 Å². The Morgan fingerprint density at radius 3 is 2.44 bits per heavy atom. The van der Waals surface area contributed by atoms with E-state index in [1.54, 1.807) is 0 Å². The number of likely N-dealkylation sites (N-methyl/N-ethyl adjacent to an activating group) is 1. The Labute approximate surface area is 112 Å². The SMILES string of the molecule is CNC1CCCCCC1N1CCC(COC)CC1. The summed E-state index contributed by atoms with van der Waals surface area (Å²) in [6.45, 7) is 3.50. The number of nitrogens with one attached hydrogen (secondary N) is 1. The van der Waals surface area contributed by atoms with Gasteiger partial charge < -0.3 is 10.1 Å². The maximum atomic E-state index is 5.29. The van der Waals surface area contributed by atoms with Crippen LogP contribution in [0.15, 0.2) is 0 Å². The Bertz CT molecular complexity index is 227. The summed E-state index contributed by atoms with van der Waals surface area (Å²) in [5, 5.41) is 3.56. The molecule has 0 aromatic carbocycles. The van der Waals surface area contributed by atoms with Crippen LogP contribution in [0.25, 0.3) is 0 Å². The predicted molar refractivity (Wildman–Crippen MR) is 75.9 cm³/mol. The number of methoxy groups -OCH3 is 1. The maximum absolute atomic E-state index is 5.29. The Morgan fingerprint density at radius 1 is 1.06 bits per heavy atom. The van der Waals surface area contributed by atoms with Gasteiger partial charge in [-0.25, -0.2) is 0 Å². The van der Waals surface area contributed by atoms with Crippen molar-refractivity contribution in [2.45, 2.75) is 57.0 Å². The second-order valence-corrected chi connectivity index (χ2v) is 6.04. The molecule has 1 aliphatic heterocycles. The van der Waals surface area contributed by atoms with Crippen molar-refractivity contribution in [1.29, 1.82) is 0 Å². The van der Waals surface area contributed by atoms with Crippen molar-refractivity contribution in [3.05, 3.63) is 0 Å². The molecule has 18 heavy (non-hydrogen) atoms. The highest BCUT2D eigenvalue weighted by Gasteiger charge is 2.30. The highest BCUT2D eigenvalue weighted by molar-refractivity contribution is 4.88. The topological polar surface area (TPSA) is 24.5 Å². The molecule has 1 heterocycles. The molecule has 1 saturated heterocycles. The minimum Gasteiger partial charge on any atom is -0.384 e. The van der Waals surface area contributed by atoms with Gasteiger partial charge in [0.25, 0.3) is 0 Å². The summed E-state index contributed by atoms with van der Waals surface area (Å²) in [4.78, 5) is 2.75. The lowest BCUT2D eigenvalue weighted by Gasteiger charge is -2.40. The number of hydrogen-bond acceptors (Lipinski definition) is 3. The molecular formula is C15H30N2O. The van der Waals surface area contributed by atoms with Gasteiger partial charge in [-0.15, -0.1) is 0 Å². The van der Waals surface area contributed by atoms with E-state index in [0.29, 0.717) is 6.04 Å². The predicted octanol–water partition coefficient (Wildman–Crippen LogP) is 2.27. The van der Waals surface area contributed by atoms with Crippen LogP contribution in [0.4, 0.5) is 0 Å². The van der Waals surface area contributed by atoms with Crippen molar-refractivity contribution in [3.63, 3.8) is 0 Å². The summed E-state index contributed by atoms with van der Waals surface area (Å²) < 4.78 is 5.29. The molecule has 0 aromatic rings. The summed E-state index contributed by atoms with van der Waals surface area (Å²) in [6, 6.07) is 1.49. The first-order chi connectivity index (χ1) is 8.85. The zero-order chi connectivity index (χ0) is 12.8. The molecule has 0 bridgehead atoms. The lowest BCUT2D eigenvalue weighted by atomic mass is 9.93. The summed E-state index contributed by atoms with van der Waals surface area (Å²) in [5.41, 5.74) is 0. The number of rotatable bonds is 4. The van der Waals surface area contributed by atoms with Crippen molar-refractivity contribution in [3.8, 4) is 0 Å². The monoisotopic (exact) mass is 254 g/mol. The van der Waals surface area contributed by atoms with E-state index in [1.807, 2.05) is 7.11 Å². The number of nitrogens with zero attached hydrogens (tertiary/aromatic N) is 1. The standard InChI is InChI=1S/C15H30N2O/c1-16-14-6-4-3-5-7-15(14)17-10-8-13(9-11-17)12-18-2/h13-16H,3-12H2,1-2H3. The lowest BCUT2D eigenvalue weighted by molar-refractivity contribution is 0.0664. The summed E-state index contributed by atoms with van der Waals surface area (Å²) >= 11 is 0. The molecule has 0 radical (unpaired) electrons. The van der Waals surface area contributed by atoms with E-state index in [2.05, 4.69) is 17.3 Å².